The fraction of sp³-hybridized carbons (Fsp3) is 0.0588. The second-order valence-corrected chi connectivity index (χ2v) is 4.82. The number of carbonyl (C=O) groups excluding carboxylic acids is 1. The van der Waals surface area contributed by atoms with Gasteiger partial charge in [-0.25, -0.2) is 9.38 Å². The molecule has 3 rings (SSSR count). The van der Waals surface area contributed by atoms with Crippen LogP contribution in [0.1, 0.15) is 10.4 Å². The van der Waals surface area contributed by atoms with Gasteiger partial charge in [-0.15, -0.1) is 0 Å². The third kappa shape index (κ3) is 3.06. The number of halogens is 1. The van der Waals surface area contributed by atoms with Gasteiger partial charge in [-0.05, 0) is 48.5 Å². The number of methoxy groups -OCH3 is 1. The summed E-state index contributed by atoms with van der Waals surface area (Å²) in [4.78, 5) is 15.9. The Morgan fingerprint density at radius 1 is 1.17 bits per heavy atom. The van der Waals surface area contributed by atoms with E-state index >= 15 is 0 Å². The summed E-state index contributed by atoms with van der Waals surface area (Å²) in [6.45, 7) is 0. The lowest BCUT2D eigenvalue weighted by Gasteiger charge is -2.03. The van der Waals surface area contributed by atoms with Crippen molar-refractivity contribution in [2.24, 2.45) is 10.7 Å². The molecule has 0 bridgehead atoms. The van der Waals surface area contributed by atoms with Crippen LogP contribution in [0.25, 0.3) is 11.0 Å². The van der Waals surface area contributed by atoms with Gasteiger partial charge in [0.25, 0.3) is 5.91 Å². The number of carbonyl (C=O) groups is 1. The van der Waals surface area contributed by atoms with Crippen LogP contribution in [0.5, 0.6) is 5.75 Å². The number of nitrogens with two attached hydrogens (primary N) is 1. The Kier molecular flexibility index (Phi) is 3.80. The summed E-state index contributed by atoms with van der Waals surface area (Å²) in [6.07, 6.45) is 0. The molecule has 3 aromatic rings. The van der Waals surface area contributed by atoms with Crippen molar-refractivity contribution in [1.29, 1.82) is 0 Å². The molecule has 2 aromatic carbocycles. The molecule has 0 atom stereocenters. The molecule has 1 heterocycles. The first kappa shape index (κ1) is 14.8. The maximum atomic E-state index is 13.3. The molecule has 0 aliphatic rings. The summed E-state index contributed by atoms with van der Waals surface area (Å²) in [7, 11) is 1.56. The quantitative estimate of drug-likeness (QED) is 0.807. The van der Waals surface area contributed by atoms with Gasteiger partial charge in [0, 0.05) is 5.39 Å². The zero-order valence-corrected chi connectivity index (χ0v) is 12.2. The average molecular weight is 312 g/mol. The number of amides is 1. The highest BCUT2D eigenvalue weighted by molar-refractivity contribution is 5.95. The molecule has 0 spiro atoms. The minimum atomic E-state index is -0.702. The highest BCUT2D eigenvalue weighted by atomic mass is 19.1. The molecular weight excluding hydrogens is 299 g/mol. The largest absolute Gasteiger partial charge is 0.497 e. The minimum absolute atomic E-state index is 0.0711. The van der Waals surface area contributed by atoms with Crippen LogP contribution in [0, 0.1) is 5.82 Å². The Bertz CT molecular complexity index is 946. The molecule has 0 fully saturated rings. The van der Waals surface area contributed by atoms with E-state index in [1.807, 2.05) is 0 Å². The Morgan fingerprint density at radius 3 is 2.57 bits per heavy atom. The van der Waals surface area contributed by atoms with Crippen LogP contribution in [0.15, 0.2) is 57.9 Å². The van der Waals surface area contributed by atoms with E-state index in [1.165, 1.54) is 24.3 Å². The van der Waals surface area contributed by atoms with E-state index in [-0.39, 0.29) is 11.1 Å². The number of hydrogen-bond donors (Lipinski definition) is 1. The molecular formula is C17H13FN2O3. The maximum absolute atomic E-state index is 13.3. The summed E-state index contributed by atoms with van der Waals surface area (Å²) < 4.78 is 24.0. The van der Waals surface area contributed by atoms with Gasteiger partial charge in [0.05, 0.1) is 12.8 Å². The van der Waals surface area contributed by atoms with Crippen molar-refractivity contribution >= 4 is 22.6 Å². The normalized spacial score (nSPS) is 11.7. The second kappa shape index (κ2) is 5.92. The van der Waals surface area contributed by atoms with Crippen molar-refractivity contribution in [1.82, 2.24) is 0 Å². The molecule has 5 nitrogen and oxygen atoms in total. The van der Waals surface area contributed by atoms with Crippen molar-refractivity contribution in [3.8, 4) is 5.75 Å². The van der Waals surface area contributed by atoms with Gasteiger partial charge in [0.1, 0.15) is 22.7 Å². The fourth-order valence-electron chi connectivity index (χ4n) is 2.14. The van der Waals surface area contributed by atoms with E-state index in [0.29, 0.717) is 22.4 Å². The summed E-state index contributed by atoms with van der Waals surface area (Å²) in [5, 5.41) is 0.437. The summed E-state index contributed by atoms with van der Waals surface area (Å²) in [5.74, 6) is -0.444. The summed E-state index contributed by atoms with van der Waals surface area (Å²) in [6, 6.07) is 12.4. The zero-order valence-electron chi connectivity index (χ0n) is 12.2. The molecule has 0 aliphatic heterocycles. The number of hydrogen-bond acceptors (Lipinski definition) is 4. The predicted molar refractivity (Wildman–Crippen MR) is 82.9 cm³/mol. The molecule has 23 heavy (non-hydrogen) atoms. The first-order chi connectivity index (χ1) is 11.1. The first-order valence-corrected chi connectivity index (χ1v) is 6.79. The third-order valence-electron chi connectivity index (χ3n) is 3.28. The molecule has 1 amide bonds. The lowest BCUT2D eigenvalue weighted by molar-refractivity contribution is 0.0996. The van der Waals surface area contributed by atoms with Crippen LogP contribution < -0.4 is 16.0 Å². The van der Waals surface area contributed by atoms with Crippen LogP contribution in [-0.2, 0) is 0 Å². The Balaban J connectivity index is 2.21. The van der Waals surface area contributed by atoms with Crippen molar-refractivity contribution in [3.63, 3.8) is 0 Å². The Hall–Kier alpha value is -3.15. The van der Waals surface area contributed by atoms with Gasteiger partial charge >= 0.3 is 0 Å². The van der Waals surface area contributed by atoms with Gasteiger partial charge in [-0.2, -0.15) is 0 Å². The molecule has 0 aliphatic carbocycles. The van der Waals surface area contributed by atoms with Gasteiger partial charge in [-0.1, -0.05) is 0 Å². The van der Waals surface area contributed by atoms with E-state index in [2.05, 4.69) is 4.99 Å². The summed E-state index contributed by atoms with van der Waals surface area (Å²) >= 11 is 0. The summed E-state index contributed by atoms with van der Waals surface area (Å²) in [5.41, 5.74) is 6.50. The fourth-order valence-corrected chi connectivity index (χ4v) is 2.14. The number of fused-ring (bicyclic) bond motifs is 1. The maximum Gasteiger partial charge on any atom is 0.254 e. The van der Waals surface area contributed by atoms with E-state index in [0.717, 1.165) is 0 Å². The highest BCUT2D eigenvalue weighted by Gasteiger charge is 2.10. The Morgan fingerprint density at radius 2 is 1.91 bits per heavy atom. The van der Waals surface area contributed by atoms with Crippen LogP contribution >= 0.6 is 0 Å². The molecule has 0 saturated heterocycles. The van der Waals surface area contributed by atoms with E-state index < -0.39 is 11.7 Å². The average Bonchev–Trinajstić information content (AvgIpc) is 2.55. The number of primary amides is 1. The zero-order chi connectivity index (χ0) is 16.4. The molecule has 6 heteroatoms. The van der Waals surface area contributed by atoms with E-state index in [1.54, 1.807) is 31.4 Å². The van der Waals surface area contributed by atoms with E-state index in [4.69, 9.17) is 14.9 Å². The predicted octanol–water partition coefficient (Wildman–Crippen LogP) is 2.91. The molecule has 0 saturated carbocycles. The topological polar surface area (TPSA) is 77.8 Å². The monoisotopic (exact) mass is 312 g/mol. The molecule has 1 aromatic heterocycles. The van der Waals surface area contributed by atoms with Crippen molar-refractivity contribution in [2.75, 3.05) is 7.11 Å². The Labute approximate surface area is 130 Å². The smallest absolute Gasteiger partial charge is 0.254 e. The van der Waals surface area contributed by atoms with Crippen LogP contribution in [0.3, 0.4) is 0 Å². The molecule has 0 unspecified atom stereocenters. The molecule has 0 radical (unpaired) electrons. The second-order valence-electron chi connectivity index (χ2n) is 4.82. The molecule has 116 valence electrons. The van der Waals surface area contributed by atoms with Crippen LogP contribution in [-0.4, -0.2) is 13.0 Å². The van der Waals surface area contributed by atoms with Gasteiger partial charge in [0.15, 0.2) is 0 Å². The minimum Gasteiger partial charge on any atom is -0.497 e. The van der Waals surface area contributed by atoms with Crippen LogP contribution in [0.4, 0.5) is 10.1 Å². The lowest BCUT2D eigenvalue weighted by atomic mass is 10.1. The van der Waals surface area contributed by atoms with Gasteiger partial charge < -0.3 is 14.9 Å². The van der Waals surface area contributed by atoms with Crippen LogP contribution in [0.2, 0.25) is 0 Å². The van der Waals surface area contributed by atoms with Crippen molar-refractivity contribution < 1.29 is 18.3 Å². The van der Waals surface area contributed by atoms with Gasteiger partial charge in [0.2, 0.25) is 5.55 Å². The molecule has 2 N–H and O–H groups in total. The number of nitrogens with zero attached hydrogens (tertiary/aromatic N) is 1. The SMILES string of the molecule is COc1ccc(N=c2oc3ccc(F)cc3cc2C(N)=O)cc1. The van der Waals surface area contributed by atoms with Crippen molar-refractivity contribution in [3.05, 3.63) is 65.5 Å². The number of rotatable bonds is 3. The highest BCUT2D eigenvalue weighted by Crippen LogP contribution is 2.19. The van der Waals surface area contributed by atoms with Crippen molar-refractivity contribution in [2.45, 2.75) is 0 Å². The number of benzene rings is 2. The third-order valence-corrected chi connectivity index (χ3v) is 3.28. The standard InChI is InChI=1S/C17H13FN2O3/c1-22-13-5-3-12(4-6-13)20-17-14(16(19)21)9-10-8-11(18)2-7-15(10)23-17/h2-9H,1H3,(H2,19,21). The van der Waals surface area contributed by atoms with Gasteiger partial charge in [-0.3, -0.25) is 4.79 Å². The first-order valence-electron chi connectivity index (χ1n) is 6.79. The lowest BCUT2D eigenvalue weighted by Crippen LogP contribution is -2.21. The van der Waals surface area contributed by atoms with E-state index in [9.17, 15) is 9.18 Å². The number of ether oxygens (including phenoxy) is 1.